The SMILES string of the molecule is COC1CC2C(N(C)C)C1NC2(C(F)(F)F)C(F)(F)F. The lowest BCUT2D eigenvalue weighted by Crippen LogP contribution is -2.70. The number of ether oxygens (including phenoxy) is 1. The van der Waals surface area contributed by atoms with Crippen LogP contribution in [-0.2, 0) is 4.74 Å². The van der Waals surface area contributed by atoms with Gasteiger partial charge in [-0.2, -0.15) is 26.3 Å². The molecule has 118 valence electrons. The fourth-order valence-electron chi connectivity index (χ4n) is 3.66. The molecule has 0 spiro atoms. The number of piperidine rings is 1. The summed E-state index contributed by atoms with van der Waals surface area (Å²) < 4.78 is 84.2. The minimum atomic E-state index is -5.41. The number of nitrogens with zero attached hydrogens (tertiary/aromatic N) is 1. The minimum Gasteiger partial charge on any atom is -0.380 e. The molecule has 0 aromatic carbocycles. The molecule has 9 heteroatoms. The van der Waals surface area contributed by atoms with E-state index in [0.29, 0.717) is 0 Å². The molecule has 1 N–H and O–H groups in total. The van der Waals surface area contributed by atoms with Crippen molar-refractivity contribution >= 4 is 0 Å². The summed E-state index contributed by atoms with van der Waals surface area (Å²) >= 11 is 0. The van der Waals surface area contributed by atoms with Crippen LogP contribution < -0.4 is 5.32 Å². The van der Waals surface area contributed by atoms with Gasteiger partial charge in [-0.15, -0.1) is 0 Å². The molecule has 1 heterocycles. The van der Waals surface area contributed by atoms with Gasteiger partial charge in [-0.05, 0) is 20.5 Å². The first kappa shape index (κ1) is 15.8. The number of likely N-dealkylation sites (N-methyl/N-ethyl adjacent to an activating group) is 1. The van der Waals surface area contributed by atoms with Crippen molar-refractivity contribution in [2.75, 3.05) is 21.2 Å². The van der Waals surface area contributed by atoms with E-state index in [4.69, 9.17) is 4.74 Å². The summed E-state index contributed by atoms with van der Waals surface area (Å²) in [6.45, 7) is 0. The Bertz CT molecular complexity index is 366. The molecule has 2 fully saturated rings. The number of hydrogen-bond acceptors (Lipinski definition) is 3. The maximum atomic E-state index is 13.2. The molecular formula is C11H16F6N2O. The number of halogens is 6. The minimum absolute atomic E-state index is 0.268. The standard InChI is InChI=1S/C11H16F6N2O/c1-19(2)8-5-4-6(20-3)7(8)18-9(5,10(12,13)14)11(15,16)17/h5-8,18H,4H2,1-3H3. The van der Waals surface area contributed by atoms with Gasteiger partial charge in [0.15, 0.2) is 0 Å². The number of methoxy groups -OCH3 is 1. The molecule has 1 saturated heterocycles. The van der Waals surface area contributed by atoms with Crippen molar-refractivity contribution < 1.29 is 31.1 Å². The summed E-state index contributed by atoms with van der Waals surface area (Å²) in [7, 11) is 4.25. The highest BCUT2D eigenvalue weighted by molar-refractivity contribution is 5.24. The highest BCUT2D eigenvalue weighted by atomic mass is 19.4. The van der Waals surface area contributed by atoms with Gasteiger partial charge < -0.3 is 9.64 Å². The van der Waals surface area contributed by atoms with E-state index in [-0.39, 0.29) is 6.42 Å². The zero-order valence-electron chi connectivity index (χ0n) is 11.1. The van der Waals surface area contributed by atoms with Crippen LogP contribution in [0.3, 0.4) is 0 Å². The Balaban J connectivity index is 2.49. The number of hydrogen-bond donors (Lipinski definition) is 1. The second-order valence-electron chi connectivity index (χ2n) is 5.54. The van der Waals surface area contributed by atoms with Crippen LogP contribution in [0.2, 0.25) is 0 Å². The normalized spacial score (nSPS) is 36.9. The molecule has 3 nitrogen and oxygen atoms in total. The summed E-state index contributed by atoms with van der Waals surface area (Å²) in [6, 6.07) is -1.87. The van der Waals surface area contributed by atoms with Gasteiger partial charge in [-0.25, -0.2) is 0 Å². The van der Waals surface area contributed by atoms with E-state index in [0.717, 1.165) is 0 Å². The Morgan fingerprint density at radius 3 is 1.95 bits per heavy atom. The maximum absolute atomic E-state index is 13.2. The monoisotopic (exact) mass is 306 g/mol. The van der Waals surface area contributed by atoms with Crippen molar-refractivity contribution in [2.45, 2.75) is 42.5 Å². The molecule has 4 unspecified atom stereocenters. The number of fused-ring (bicyclic) bond motifs is 2. The average molecular weight is 306 g/mol. The molecule has 1 saturated carbocycles. The summed E-state index contributed by atoms with van der Waals surface area (Å²) in [5.74, 6) is -1.62. The maximum Gasteiger partial charge on any atom is 0.415 e. The quantitative estimate of drug-likeness (QED) is 0.787. The topological polar surface area (TPSA) is 24.5 Å². The van der Waals surface area contributed by atoms with Crippen LogP contribution in [0.5, 0.6) is 0 Å². The first-order valence-electron chi connectivity index (χ1n) is 6.07. The Morgan fingerprint density at radius 1 is 1.10 bits per heavy atom. The molecule has 2 aliphatic rings. The van der Waals surface area contributed by atoms with Gasteiger partial charge in [0.1, 0.15) is 0 Å². The summed E-state index contributed by atoms with van der Waals surface area (Å²) in [5, 5.41) is 1.80. The fourth-order valence-corrected chi connectivity index (χ4v) is 3.66. The zero-order chi connectivity index (χ0) is 15.5. The highest BCUT2D eigenvalue weighted by Gasteiger charge is 2.81. The second-order valence-corrected chi connectivity index (χ2v) is 5.54. The van der Waals surface area contributed by atoms with E-state index in [1.165, 1.54) is 26.1 Å². The lowest BCUT2D eigenvalue weighted by atomic mass is 9.80. The molecule has 0 amide bonds. The van der Waals surface area contributed by atoms with E-state index >= 15 is 0 Å². The van der Waals surface area contributed by atoms with Crippen LogP contribution in [0.4, 0.5) is 26.3 Å². The Labute approximate surface area is 112 Å². The molecule has 0 aromatic rings. The van der Waals surface area contributed by atoms with Crippen molar-refractivity contribution in [1.82, 2.24) is 10.2 Å². The van der Waals surface area contributed by atoms with Crippen molar-refractivity contribution in [3.05, 3.63) is 0 Å². The van der Waals surface area contributed by atoms with Crippen LogP contribution >= 0.6 is 0 Å². The van der Waals surface area contributed by atoms with Gasteiger partial charge in [0.05, 0.1) is 12.1 Å². The van der Waals surface area contributed by atoms with Gasteiger partial charge >= 0.3 is 12.4 Å². The van der Waals surface area contributed by atoms with Crippen molar-refractivity contribution in [3.63, 3.8) is 0 Å². The molecular weight excluding hydrogens is 290 g/mol. The predicted octanol–water partition coefficient (Wildman–Crippen LogP) is 1.79. The van der Waals surface area contributed by atoms with Crippen LogP contribution in [0.1, 0.15) is 6.42 Å². The van der Waals surface area contributed by atoms with E-state index < -0.39 is 42.0 Å². The molecule has 2 rings (SSSR count). The lowest BCUT2D eigenvalue weighted by molar-refractivity contribution is -0.322. The molecule has 4 atom stereocenters. The molecule has 0 radical (unpaired) electrons. The van der Waals surface area contributed by atoms with Gasteiger partial charge in [0, 0.05) is 19.1 Å². The molecule has 0 aromatic heterocycles. The van der Waals surface area contributed by atoms with E-state index in [2.05, 4.69) is 0 Å². The number of alkyl halides is 6. The lowest BCUT2D eigenvalue weighted by Gasteiger charge is -2.42. The summed E-state index contributed by atoms with van der Waals surface area (Å²) in [5.41, 5.74) is -3.85. The Kier molecular flexibility index (Phi) is 3.54. The molecule has 20 heavy (non-hydrogen) atoms. The number of nitrogens with one attached hydrogen (secondary N) is 1. The van der Waals surface area contributed by atoms with Crippen LogP contribution in [0, 0.1) is 5.92 Å². The van der Waals surface area contributed by atoms with Gasteiger partial charge in [0.25, 0.3) is 0 Å². The second kappa shape index (κ2) is 4.48. The van der Waals surface area contributed by atoms with E-state index in [9.17, 15) is 26.3 Å². The fraction of sp³-hybridized carbons (Fsp3) is 1.00. The third-order valence-electron chi connectivity index (χ3n) is 4.41. The third kappa shape index (κ3) is 1.86. The highest BCUT2D eigenvalue weighted by Crippen LogP contribution is 2.58. The van der Waals surface area contributed by atoms with Gasteiger partial charge in [-0.3, -0.25) is 5.32 Å². The predicted molar refractivity (Wildman–Crippen MR) is 58.1 cm³/mol. The molecule has 1 aliphatic heterocycles. The smallest absolute Gasteiger partial charge is 0.380 e. The van der Waals surface area contributed by atoms with E-state index in [1.807, 2.05) is 0 Å². The Morgan fingerprint density at radius 2 is 1.60 bits per heavy atom. The average Bonchev–Trinajstić information content (AvgIpc) is 2.78. The van der Waals surface area contributed by atoms with Crippen molar-refractivity contribution in [1.29, 1.82) is 0 Å². The van der Waals surface area contributed by atoms with Gasteiger partial charge in [0.2, 0.25) is 5.54 Å². The first-order valence-corrected chi connectivity index (χ1v) is 6.07. The zero-order valence-corrected chi connectivity index (χ0v) is 11.1. The van der Waals surface area contributed by atoms with E-state index in [1.54, 1.807) is 5.32 Å². The van der Waals surface area contributed by atoms with Gasteiger partial charge in [-0.1, -0.05) is 0 Å². The Hall–Kier alpha value is -0.540. The first-order chi connectivity index (χ1) is 8.97. The summed E-state index contributed by atoms with van der Waals surface area (Å²) in [6.07, 6.45) is -11.7. The van der Waals surface area contributed by atoms with Crippen LogP contribution in [0.25, 0.3) is 0 Å². The summed E-state index contributed by atoms with van der Waals surface area (Å²) in [4.78, 5) is 1.40. The van der Waals surface area contributed by atoms with Crippen molar-refractivity contribution in [3.8, 4) is 0 Å². The van der Waals surface area contributed by atoms with Crippen LogP contribution in [-0.4, -0.2) is 62.2 Å². The molecule has 2 bridgehead atoms. The largest absolute Gasteiger partial charge is 0.415 e. The number of rotatable bonds is 2. The van der Waals surface area contributed by atoms with Crippen molar-refractivity contribution in [2.24, 2.45) is 5.92 Å². The molecule has 1 aliphatic carbocycles. The van der Waals surface area contributed by atoms with Crippen LogP contribution in [0.15, 0.2) is 0 Å². The third-order valence-corrected chi connectivity index (χ3v) is 4.41.